The summed E-state index contributed by atoms with van der Waals surface area (Å²) in [5, 5.41) is 0. The molecule has 1 aromatic heterocycles. The van der Waals surface area contributed by atoms with Gasteiger partial charge in [-0.25, -0.2) is 4.98 Å². The van der Waals surface area contributed by atoms with E-state index in [0.29, 0.717) is 0 Å². The lowest BCUT2D eigenvalue weighted by Gasteiger charge is -1.79. The normalized spacial score (nSPS) is 9.07. The fourth-order valence-corrected chi connectivity index (χ4v) is 0.803. The average molecular weight is 205 g/mol. The lowest BCUT2D eigenvalue weighted by molar-refractivity contribution is 0.602. The lowest BCUT2D eigenvalue weighted by Crippen LogP contribution is -1.61. The van der Waals surface area contributed by atoms with Crippen LogP contribution in [-0.4, -0.2) is 4.98 Å². The highest BCUT2D eigenvalue weighted by Crippen LogP contribution is 2.09. The minimum absolute atomic E-state index is 0.845. The second kappa shape index (κ2) is 9.00. The Hall–Kier alpha value is -1.57. The Morgan fingerprint density at radius 2 is 1.67 bits per heavy atom. The van der Waals surface area contributed by atoms with E-state index < -0.39 is 0 Å². The van der Waals surface area contributed by atoms with E-state index in [1.807, 2.05) is 64.1 Å². The van der Waals surface area contributed by atoms with Gasteiger partial charge in [0.1, 0.15) is 5.52 Å². The van der Waals surface area contributed by atoms with E-state index in [2.05, 4.69) is 4.98 Å². The van der Waals surface area contributed by atoms with Gasteiger partial charge < -0.3 is 4.42 Å². The first kappa shape index (κ1) is 13.4. The Balaban J connectivity index is 0.000000282. The number of para-hydroxylation sites is 2. The van der Waals surface area contributed by atoms with Gasteiger partial charge in [0, 0.05) is 0 Å². The van der Waals surface area contributed by atoms with E-state index in [0.717, 1.165) is 11.1 Å². The summed E-state index contributed by atoms with van der Waals surface area (Å²) in [7, 11) is 0. The van der Waals surface area contributed by atoms with Crippen molar-refractivity contribution in [1.82, 2.24) is 4.98 Å². The van der Waals surface area contributed by atoms with Crippen LogP contribution in [0.3, 0.4) is 0 Å². The number of allylic oxidation sites excluding steroid dienone is 2. The number of oxazole rings is 1. The quantitative estimate of drug-likeness (QED) is 0.594. The molecule has 0 saturated carbocycles. The van der Waals surface area contributed by atoms with Crippen molar-refractivity contribution in [2.75, 3.05) is 0 Å². The molecule has 0 aliphatic rings. The molecule has 0 spiro atoms. The van der Waals surface area contributed by atoms with Crippen molar-refractivity contribution in [2.24, 2.45) is 0 Å². The van der Waals surface area contributed by atoms with Crippen LogP contribution in [0.2, 0.25) is 0 Å². The van der Waals surface area contributed by atoms with Gasteiger partial charge in [0.2, 0.25) is 0 Å². The van der Waals surface area contributed by atoms with Gasteiger partial charge in [0.25, 0.3) is 0 Å². The standard InChI is InChI=1S/C7H5NO.C4H8.C2H6/c1-2-4-7-6(3-1)8-5-9-7;1-3-4-2;1-2/h1-5H;3-4H,1-2H3;1-2H3/b;4-3+;. The number of fused-ring (bicyclic) bond motifs is 1. The summed E-state index contributed by atoms with van der Waals surface area (Å²) in [6.45, 7) is 8.00. The van der Waals surface area contributed by atoms with Crippen molar-refractivity contribution in [2.45, 2.75) is 27.7 Å². The number of nitrogens with zero attached hydrogens (tertiary/aromatic N) is 1. The van der Waals surface area contributed by atoms with E-state index in [9.17, 15) is 0 Å². The summed E-state index contributed by atoms with van der Waals surface area (Å²) in [5.74, 6) is 0. The van der Waals surface area contributed by atoms with Gasteiger partial charge in [-0.1, -0.05) is 38.1 Å². The third-order valence-electron chi connectivity index (χ3n) is 1.57. The largest absolute Gasteiger partial charge is 0.443 e. The van der Waals surface area contributed by atoms with Crippen LogP contribution < -0.4 is 0 Å². The van der Waals surface area contributed by atoms with Crippen LogP contribution in [0.4, 0.5) is 0 Å². The molecule has 0 saturated heterocycles. The van der Waals surface area contributed by atoms with Gasteiger partial charge in [-0.3, -0.25) is 0 Å². The van der Waals surface area contributed by atoms with E-state index >= 15 is 0 Å². The van der Waals surface area contributed by atoms with Gasteiger partial charge in [0.15, 0.2) is 12.0 Å². The van der Waals surface area contributed by atoms with Crippen molar-refractivity contribution < 1.29 is 4.42 Å². The minimum atomic E-state index is 0.845. The zero-order chi connectivity index (χ0) is 11.5. The molecule has 0 radical (unpaired) electrons. The monoisotopic (exact) mass is 205 g/mol. The SMILES string of the molecule is C/C=C/C.CC.c1ccc2ocnc2c1. The molecule has 1 aromatic carbocycles. The van der Waals surface area contributed by atoms with Gasteiger partial charge in [-0.05, 0) is 26.0 Å². The number of aromatic nitrogens is 1. The average Bonchev–Trinajstić information content (AvgIpc) is 2.80. The fraction of sp³-hybridized carbons (Fsp3) is 0.308. The van der Waals surface area contributed by atoms with E-state index in [1.54, 1.807) is 0 Å². The summed E-state index contributed by atoms with van der Waals surface area (Å²) < 4.78 is 5.01. The second-order valence-corrected chi connectivity index (χ2v) is 2.49. The third kappa shape index (κ3) is 5.01. The molecule has 2 heteroatoms. The summed E-state index contributed by atoms with van der Waals surface area (Å²) in [6.07, 6.45) is 5.45. The molecule has 1 heterocycles. The molecule has 0 bridgehead atoms. The summed E-state index contributed by atoms with van der Waals surface area (Å²) in [4.78, 5) is 3.95. The predicted molar refractivity (Wildman–Crippen MR) is 65.8 cm³/mol. The molecule has 0 aliphatic heterocycles. The summed E-state index contributed by atoms with van der Waals surface area (Å²) >= 11 is 0. The minimum Gasteiger partial charge on any atom is -0.443 e. The van der Waals surface area contributed by atoms with Crippen molar-refractivity contribution in [3.05, 3.63) is 42.8 Å². The molecule has 2 rings (SSSR count). The zero-order valence-corrected chi connectivity index (χ0v) is 9.90. The molecule has 0 unspecified atom stereocenters. The molecule has 0 amide bonds. The number of rotatable bonds is 0. The number of hydrogen-bond donors (Lipinski definition) is 0. The van der Waals surface area contributed by atoms with Crippen LogP contribution in [0.5, 0.6) is 0 Å². The van der Waals surface area contributed by atoms with E-state index in [-0.39, 0.29) is 0 Å². The molecule has 2 nitrogen and oxygen atoms in total. The van der Waals surface area contributed by atoms with Gasteiger partial charge >= 0.3 is 0 Å². The molecule has 15 heavy (non-hydrogen) atoms. The molecule has 0 fully saturated rings. The summed E-state index contributed by atoms with van der Waals surface area (Å²) in [6, 6.07) is 7.67. The van der Waals surface area contributed by atoms with Crippen LogP contribution in [-0.2, 0) is 0 Å². The Labute approximate surface area is 91.6 Å². The fourth-order valence-electron chi connectivity index (χ4n) is 0.803. The first-order chi connectivity index (χ1) is 7.38. The van der Waals surface area contributed by atoms with Crippen LogP contribution >= 0.6 is 0 Å². The van der Waals surface area contributed by atoms with Crippen LogP contribution in [0, 0.1) is 0 Å². The Morgan fingerprint density at radius 3 is 2.20 bits per heavy atom. The zero-order valence-electron chi connectivity index (χ0n) is 9.90. The highest BCUT2D eigenvalue weighted by Gasteiger charge is 1.91. The smallest absolute Gasteiger partial charge is 0.181 e. The van der Waals surface area contributed by atoms with E-state index in [1.165, 1.54) is 6.39 Å². The molecule has 0 N–H and O–H groups in total. The second-order valence-electron chi connectivity index (χ2n) is 2.49. The summed E-state index contributed by atoms with van der Waals surface area (Å²) in [5.41, 5.74) is 1.76. The lowest BCUT2D eigenvalue weighted by atomic mass is 10.3. The van der Waals surface area contributed by atoms with Crippen LogP contribution in [0.1, 0.15) is 27.7 Å². The van der Waals surface area contributed by atoms with Crippen molar-refractivity contribution in [1.29, 1.82) is 0 Å². The van der Waals surface area contributed by atoms with Gasteiger partial charge in [0.05, 0.1) is 0 Å². The van der Waals surface area contributed by atoms with Crippen LogP contribution in [0.15, 0.2) is 47.2 Å². The topological polar surface area (TPSA) is 26.0 Å². The molecule has 2 aromatic rings. The molecular weight excluding hydrogens is 186 g/mol. The van der Waals surface area contributed by atoms with E-state index in [4.69, 9.17) is 4.42 Å². The predicted octanol–water partition coefficient (Wildman–Crippen LogP) is 4.44. The first-order valence-electron chi connectivity index (χ1n) is 5.24. The Kier molecular flexibility index (Phi) is 8.06. The van der Waals surface area contributed by atoms with Crippen molar-refractivity contribution in [3.63, 3.8) is 0 Å². The molecule has 82 valence electrons. The van der Waals surface area contributed by atoms with Gasteiger partial charge in [-0.2, -0.15) is 0 Å². The first-order valence-corrected chi connectivity index (χ1v) is 5.24. The van der Waals surface area contributed by atoms with Crippen LogP contribution in [0.25, 0.3) is 11.1 Å². The highest BCUT2D eigenvalue weighted by atomic mass is 16.3. The maximum atomic E-state index is 5.01. The van der Waals surface area contributed by atoms with Crippen molar-refractivity contribution >= 4 is 11.1 Å². The molecule has 0 atom stereocenters. The van der Waals surface area contributed by atoms with Crippen molar-refractivity contribution in [3.8, 4) is 0 Å². The Morgan fingerprint density at radius 1 is 1.07 bits per heavy atom. The Bertz CT molecular complexity index is 342. The number of benzene rings is 1. The molecular formula is C13H19NO. The molecule has 0 aliphatic carbocycles. The maximum absolute atomic E-state index is 5.01. The third-order valence-corrected chi connectivity index (χ3v) is 1.57. The number of hydrogen-bond acceptors (Lipinski definition) is 2. The highest BCUT2D eigenvalue weighted by molar-refractivity contribution is 5.71. The maximum Gasteiger partial charge on any atom is 0.181 e. The van der Waals surface area contributed by atoms with Gasteiger partial charge in [-0.15, -0.1) is 0 Å².